The number of fused-ring (bicyclic) bond motifs is 1. The molecule has 3 N–H and O–H groups in total. The Hall–Kier alpha value is -4.58. The number of benzene rings is 1. The molecule has 13 heteroatoms. The van der Waals surface area contributed by atoms with Crippen LogP contribution in [0.4, 0.5) is 16.2 Å². The molecule has 1 amide bonds. The summed E-state index contributed by atoms with van der Waals surface area (Å²) in [5, 5.41) is 11.2. The summed E-state index contributed by atoms with van der Waals surface area (Å²) in [7, 11) is 0. The number of hydrogen-bond acceptors (Lipinski definition) is 9. The number of piperazine rings is 1. The van der Waals surface area contributed by atoms with Gasteiger partial charge in [-0.25, -0.2) is 28.7 Å². The first-order valence-corrected chi connectivity index (χ1v) is 15.4. The van der Waals surface area contributed by atoms with Crippen LogP contribution in [0.3, 0.4) is 0 Å². The molecule has 3 fully saturated rings. The SMILES string of the molecule is C=CC(=O)N1C[C@H](C)N(c2nc(=O)n(-c3c(C4CC4)nc(N)nc3C3CC3)c3nc(-c4c(O)cccc4F)c(Cl)cc23)C[C@H]1C. The van der Waals surface area contributed by atoms with E-state index in [-0.39, 0.29) is 63.5 Å². The van der Waals surface area contributed by atoms with Gasteiger partial charge in [0.25, 0.3) is 0 Å². The molecule has 3 aromatic heterocycles. The summed E-state index contributed by atoms with van der Waals surface area (Å²) in [5.41, 5.74) is 7.35. The fourth-order valence-corrected chi connectivity index (χ4v) is 6.56. The van der Waals surface area contributed by atoms with E-state index in [9.17, 15) is 14.7 Å². The topological polar surface area (TPSA) is 143 Å². The molecule has 1 saturated heterocycles. The van der Waals surface area contributed by atoms with Gasteiger partial charge in [0, 0.05) is 37.0 Å². The van der Waals surface area contributed by atoms with Gasteiger partial charge >= 0.3 is 5.69 Å². The Labute approximate surface area is 263 Å². The van der Waals surface area contributed by atoms with E-state index in [4.69, 9.17) is 22.3 Å². The molecule has 0 radical (unpaired) electrons. The van der Waals surface area contributed by atoms with Crippen molar-refractivity contribution in [2.24, 2.45) is 0 Å². The lowest BCUT2D eigenvalue weighted by molar-refractivity contribution is -0.128. The number of phenols is 1. The van der Waals surface area contributed by atoms with E-state index >= 15 is 4.39 Å². The van der Waals surface area contributed by atoms with Crippen LogP contribution in [0.1, 0.15) is 62.8 Å². The first kappa shape index (κ1) is 29.1. The van der Waals surface area contributed by atoms with E-state index in [0.29, 0.717) is 41.4 Å². The second-order valence-electron chi connectivity index (χ2n) is 12.2. The average molecular weight is 631 g/mol. The fourth-order valence-electron chi connectivity index (χ4n) is 6.32. The number of halogens is 2. The monoisotopic (exact) mass is 630 g/mol. The maximum Gasteiger partial charge on any atom is 0.355 e. The quantitative estimate of drug-likeness (QED) is 0.290. The van der Waals surface area contributed by atoms with Crippen LogP contribution >= 0.6 is 11.6 Å². The van der Waals surface area contributed by atoms with Crippen molar-refractivity contribution in [3.05, 3.63) is 69.6 Å². The van der Waals surface area contributed by atoms with E-state index in [2.05, 4.69) is 21.5 Å². The molecule has 1 aliphatic heterocycles. The summed E-state index contributed by atoms with van der Waals surface area (Å²) in [6.45, 7) is 8.25. The molecule has 2 aliphatic carbocycles. The zero-order valence-electron chi connectivity index (χ0n) is 24.9. The Bertz CT molecular complexity index is 1900. The fraction of sp³-hybridized carbons (Fsp3) is 0.375. The summed E-state index contributed by atoms with van der Waals surface area (Å²) in [6.07, 6.45) is 4.86. The molecule has 2 atom stereocenters. The Morgan fingerprint density at radius 3 is 2.33 bits per heavy atom. The molecule has 232 valence electrons. The highest BCUT2D eigenvalue weighted by Gasteiger charge is 2.38. The van der Waals surface area contributed by atoms with Gasteiger partial charge < -0.3 is 20.6 Å². The highest BCUT2D eigenvalue weighted by molar-refractivity contribution is 6.34. The van der Waals surface area contributed by atoms with E-state index in [1.807, 2.05) is 18.7 Å². The van der Waals surface area contributed by atoms with E-state index in [1.165, 1.54) is 28.8 Å². The number of nitrogens with two attached hydrogens (primary N) is 1. The van der Waals surface area contributed by atoms with Crippen LogP contribution in [0.15, 0.2) is 41.7 Å². The molecule has 7 rings (SSSR count). The third-order valence-electron chi connectivity index (χ3n) is 8.85. The normalized spacial score (nSPS) is 20.1. The molecular formula is C32H32ClFN8O3. The second kappa shape index (κ2) is 10.8. The molecule has 0 bridgehead atoms. The lowest BCUT2D eigenvalue weighted by atomic mass is 10.1. The van der Waals surface area contributed by atoms with Crippen molar-refractivity contribution in [1.82, 2.24) is 29.4 Å². The highest BCUT2D eigenvalue weighted by atomic mass is 35.5. The maximum absolute atomic E-state index is 15.2. The summed E-state index contributed by atoms with van der Waals surface area (Å²) < 4.78 is 16.6. The Morgan fingerprint density at radius 1 is 1.07 bits per heavy atom. The van der Waals surface area contributed by atoms with Gasteiger partial charge in [-0.3, -0.25) is 4.79 Å². The van der Waals surface area contributed by atoms with Crippen molar-refractivity contribution in [1.29, 1.82) is 0 Å². The lowest BCUT2D eigenvalue weighted by Gasteiger charge is -2.44. The molecule has 2 saturated carbocycles. The molecule has 0 unspecified atom stereocenters. The highest BCUT2D eigenvalue weighted by Crippen LogP contribution is 2.48. The Balaban J connectivity index is 1.52. The van der Waals surface area contributed by atoms with Crippen LogP contribution in [0.5, 0.6) is 5.75 Å². The first-order chi connectivity index (χ1) is 21.6. The summed E-state index contributed by atoms with van der Waals surface area (Å²) in [5.74, 6) is -0.549. The predicted molar refractivity (Wildman–Crippen MR) is 169 cm³/mol. The van der Waals surface area contributed by atoms with Crippen LogP contribution in [0.25, 0.3) is 28.0 Å². The van der Waals surface area contributed by atoms with Crippen molar-refractivity contribution in [2.45, 2.75) is 63.5 Å². The smallest absolute Gasteiger partial charge is 0.355 e. The number of rotatable bonds is 6. The molecule has 4 heterocycles. The van der Waals surface area contributed by atoms with Gasteiger partial charge in [0.2, 0.25) is 11.9 Å². The number of amides is 1. The first-order valence-electron chi connectivity index (χ1n) is 15.1. The molecule has 3 aliphatic rings. The number of hydrogen-bond donors (Lipinski definition) is 2. The third-order valence-corrected chi connectivity index (χ3v) is 9.14. The number of anilines is 2. The number of pyridine rings is 1. The van der Waals surface area contributed by atoms with E-state index < -0.39 is 11.5 Å². The number of aromatic hydroxyl groups is 1. The number of phenolic OH excluding ortho intramolecular Hbond substituents is 1. The Kier molecular flexibility index (Phi) is 6.99. The van der Waals surface area contributed by atoms with Crippen LogP contribution in [0, 0.1) is 5.82 Å². The van der Waals surface area contributed by atoms with E-state index in [1.54, 1.807) is 11.0 Å². The van der Waals surface area contributed by atoms with Gasteiger partial charge in [-0.2, -0.15) is 4.98 Å². The summed E-state index contributed by atoms with van der Waals surface area (Å²) >= 11 is 6.80. The number of nitrogens with zero attached hydrogens (tertiary/aromatic N) is 7. The number of carbonyl (C=O) groups is 1. The number of nitrogen functional groups attached to an aromatic ring is 1. The summed E-state index contributed by atoms with van der Waals surface area (Å²) in [4.78, 5) is 49.2. The lowest BCUT2D eigenvalue weighted by Crippen LogP contribution is -2.58. The molecular weight excluding hydrogens is 599 g/mol. The standard InChI is InChI=1S/C32H32ClFN8O3/c1-4-23(44)40-13-16(3)41(14-15(40)2)29-19-12-20(33)27(24-21(34)6-5-7-22(24)43)36-30(19)42(32(45)39-29)28-25(17-8-9-17)37-31(35)38-26(28)18-10-11-18/h4-7,12,15-18,43H,1,8-11,13-14H2,2-3H3,(H2,35,37,38)/t15-,16+/m1/s1. The largest absolute Gasteiger partial charge is 0.507 e. The molecule has 4 aromatic rings. The van der Waals surface area contributed by atoms with Gasteiger partial charge in [0.1, 0.15) is 17.4 Å². The van der Waals surface area contributed by atoms with Gasteiger partial charge in [-0.15, -0.1) is 0 Å². The van der Waals surface area contributed by atoms with Gasteiger partial charge in [0.05, 0.1) is 38.7 Å². The Morgan fingerprint density at radius 2 is 1.73 bits per heavy atom. The minimum absolute atomic E-state index is 0.0230. The molecule has 45 heavy (non-hydrogen) atoms. The van der Waals surface area contributed by atoms with Gasteiger partial charge in [0.15, 0.2) is 5.65 Å². The van der Waals surface area contributed by atoms with Crippen molar-refractivity contribution in [2.75, 3.05) is 23.7 Å². The molecule has 1 aromatic carbocycles. The van der Waals surface area contributed by atoms with Crippen molar-refractivity contribution >= 4 is 40.3 Å². The minimum Gasteiger partial charge on any atom is -0.507 e. The third kappa shape index (κ3) is 4.97. The van der Waals surface area contributed by atoms with Crippen molar-refractivity contribution in [3.63, 3.8) is 0 Å². The number of aromatic nitrogens is 5. The van der Waals surface area contributed by atoms with Crippen molar-refractivity contribution in [3.8, 4) is 22.7 Å². The second-order valence-corrected chi connectivity index (χ2v) is 12.6. The average Bonchev–Trinajstić information content (AvgIpc) is 3.92. The molecule has 0 spiro atoms. The van der Waals surface area contributed by atoms with Gasteiger partial charge in [-0.05, 0) is 63.8 Å². The van der Waals surface area contributed by atoms with Crippen LogP contribution in [-0.2, 0) is 4.79 Å². The van der Waals surface area contributed by atoms with Crippen LogP contribution < -0.4 is 16.3 Å². The predicted octanol–water partition coefficient (Wildman–Crippen LogP) is 4.68. The summed E-state index contributed by atoms with van der Waals surface area (Å²) in [6, 6.07) is 5.11. The maximum atomic E-state index is 15.2. The van der Waals surface area contributed by atoms with Crippen LogP contribution in [-0.4, -0.2) is 65.6 Å². The van der Waals surface area contributed by atoms with E-state index in [0.717, 1.165) is 25.7 Å². The van der Waals surface area contributed by atoms with Crippen LogP contribution in [0.2, 0.25) is 5.02 Å². The minimum atomic E-state index is -0.717. The van der Waals surface area contributed by atoms with Crippen molar-refractivity contribution < 1.29 is 14.3 Å². The number of carbonyl (C=O) groups excluding carboxylic acids is 1. The molecule has 11 nitrogen and oxygen atoms in total. The zero-order chi connectivity index (χ0) is 31.7. The van der Waals surface area contributed by atoms with Gasteiger partial charge in [-0.1, -0.05) is 24.2 Å². The zero-order valence-corrected chi connectivity index (χ0v) is 25.6.